The van der Waals surface area contributed by atoms with Crippen molar-refractivity contribution in [1.82, 2.24) is 10.6 Å². The van der Waals surface area contributed by atoms with Gasteiger partial charge in [-0.3, -0.25) is 24.1 Å². The Balaban J connectivity index is 1.69. The van der Waals surface area contributed by atoms with E-state index in [0.29, 0.717) is 17.8 Å². The van der Waals surface area contributed by atoms with Crippen molar-refractivity contribution in [2.45, 2.75) is 90.4 Å². The Morgan fingerprint density at radius 1 is 0.935 bits per heavy atom. The number of para-hydroxylation sites is 1. The van der Waals surface area contributed by atoms with E-state index in [0.717, 1.165) is 36.0 Å². The molecule has 3 aromatic rings. The van der Waals surface area contributed by atoms with E-state index in [9.17, 15) is 19.2 Å². The van der Waals surface area contributed by atoms with Gasteiger partial charge in [0.1, 0.15) is 12.6 Å². The number of carbonyl (C=O) groups is 4. The van der Waals surface area contributed by atoms with Crippen LogP contribution in [0.25, 0.3) is 0 Å². The fourth-order valence-electron chi connectivity index (χ4n) is 5.80. The van der Waals surface area contributed by atoms with Crippen LogP contribution in [0, 0.1) is 6.92 Å². The number of carbonyl (C=O) groups excluding carboxylic acids is 4. The minimum Gasteiger partial charge on any atom is -0.461 e. The van der Waals surface area contributed by atoms with Crippen LogP contribution in [0.1, 0.15) is 80.7 Å². The van der Waals surface area contributed by atoms with Gasteiger partial charge in [0.15, 0.2) is 0 Å². The number of rotatable bonds is 14. The van der Waals surface area contributed by atoms with Crippen LogP contribution in [0.4, 0.5) is 11.4 Å². The first-order chi connectivity index (χ1) is 22.2. The largest absolute Gasteiger partial charge is 0.461 e. The normalized spacial score (nSPS) is 15.2. The van der Waals surface area contributed by atoms with Crippen molar-refractivity contribution in [2.24, 2.45) is 0 Å². The zero-order valence-electron chi connectivity index (χ0n) is 27.3. The molecule has 3 unspecified atom stereocenters. The number of ether oxygens (including phenoxy) is 1. The molecule has 0 spiro atoms. The minimum absolute atomic E-state index is 0.0392. The molecule has 4 rings (SSSR count). The molecule has 0 heterocycles. The lowest BCUT2D eigenvalue weighted by Gasteiger charge is -2.35. The van der Waals surface area contributed by atoms with Crippen molar-refractivity contribution >= 4 is 35.1 Å². The fourth-order valence-corrected chi connectivity index (χ4v) is 5.80. The maximum Gasteiger partial charge on any atom is 0.306 e. The number of amides is 3. The Bertz CT molecular complexity index is 1510. The van der Waals surface area contributed by atoms with Gasteiger partial charge in [-0.25, -0.2) is 0 Å². The third-order valence-electron chi connectivity index (χ3n) is 8.48. The van der Waals surface area contributed by atoms with E-state index in [4.69, 9.17) is 4.74 Å². The molecule has 0 saturated carbocycles. The highest BCUT2D eigenvalue weighted by atomic mass is 16.5. The van der Waals surface area contributed by atoms with E-state index in [-0.39, 0.29) is 49.6 Å². The first-order valence-electron chi connectivity index (χ1n) is 16.2. The summed E-state index contributed by atoms with van der Waals surface area (Å²) < 4.78 is 5.54. The van der Waals surface area contributed by atoms with Crippen LogP contribution in [0.5, 0.6) is 0 Å². The molecule has 0 radical (unpaired) electrons. The second-order valence-corrected chi connectivity index (χ2v) is 11.8. The van der Waals surface area contributed by atoms with Crippen LogP contribution in [-0.4, -0.2) is 42.8 Å². The molecule has 9 heteroatoms. The summed E-state index contributed by atoms with van der Waals surface area (Å²) in [6.07, 6.45) is 3.34. The molecule has 3 aromatic carbocycles. The first kappa shape index (κ1) is 34.4. The molecule has 0 aliphatic heterocycles. The number of nitrogens with zero attached hydrogens (tertiary/aromatic N) is 1. The zero-order valence-corrected chi connectivity index (χ0v) is 27.3. The highest BCUT2D eigenvalue weighted by Crippen LogP contribution is 2.34. The van der Waals surface area contributed by atoms with Gasteiger partial charge in [0, 0.05) is 12.8 Å². The average Bonchev–Trinajstić information content (AvgIpc) is 3.07. The smallest absolute Gasteiger partial charge is 0.306 e. The Morgan fingerprint density at radius 3 is 2.41 bits per heavy atom. The average molecular weight is 627 g/mol. The predicted molar refractivity (Wildman–Crippen MR) is 180 cm³/mol. The molecule has 1 aliphatic carbocycles. The predicted octanol–water partition coefficient (Wildman–Crippen LogP) is 5.76. The van der Waals surface area contributed by atoms with Crippen molar-refractivity contribution in [3.63, 3.8) is 0 Å². The van der Waals surface area contributed by atoms with E-state index in [2.05, 4.69) is 22.0 Å². The van der Waals surface area contributed by atoms with Crippen molar-refractivity contribution < 1.29 is 23.9 Å². The van der Waals surface area contributed by atoms with Crippen LogP contribution < -0.4 is 20.9 Å². The van der Waals surface area contributed by atoms with Crippen LogP contribution in [0.3, 0.4) is 0 Å². The molecule has 0 saturated heterocycles. The molecule has 0 bridgehead atoms. The number of esters is 1. The number of hydrogen-bond acceptors (Lipinski definition) is 6. The number of nitrogens with one attached hydrogen (secondary N) is 3. The third-order valence-corrected chi connectivity index (χ3v) is 8.48. The zero-order chi connectivity index (χ0) is 33.1. The van der Waals surface area contributed by atoms with Gasteiger partial charge >= 0.3 is 5.97 Å². The molecule has 3 N–H and O–H groups in total. The second kappa shape index (κ2) is 16.7. The standard InChI is InChI=1S/C37H46N4O5/c1-5-13-33(42)41(31-21-11-14-25(2)35(31)40-36(44)26(3)38-4)32(22-23-34(43)46-24-27-15-7-6-8-16-27)37(45)39-30-20-12-18-28-17-9-10-19-29(28)30/h6-11,14-17,19,21,26,30,32,38H,5,12-13,18,20,22-24H2,1-4H3,(H,39,45)(H,40,44). The van der Waals surface area contributed by atoms with Gasteiger partial charge < -0.3 is 20.7 Å². The first-order valence-corrected chi connectivity index (χ1v) is 16.2. The van der Waals surface area contributed by atoms with Crippen LogP contribution in [-0.2, 0) is 36.9 Å². The molecule has 9 nitrogen and oxygen atoms in total. The van der Waals surface area contributed by atoms with Gasteiger partial charge in [-0.05, 0) is 81.3 Å². The molecule has 0 aromatic heterocycles. The quantitative estimate of drug-likeness (QED) is 0.196. The Labute approximate surface area is 272 Å². The molecule has 46 heavy (non-hydrogen) atoms. The third kappa shape index (κ3) is 8.81. The highest BCUT2D eigenvalue weighted by molar-refractivity contribution is 6.06. The summed E-state index contributed by atoms with van der Waals surface area (Å²) in [5, 5.41) is 9.14. The summed E-state index contributed by atoms with van der Waals surface area (Å²) in [5.41, 5.74) is 4.73. The lowest BCUT2D eigenvalue weighted by Crippen LogP contribution is -2.51. The fraction of sp³-hybridized carbons (Fsp3) is 0.405. The van der Waals surface area contributed by atoms with Crippen molar-refractivity contribution in [1.29, 1.82) is 0 Å². The number of anilines is 2. The number of hydrogen-bond donors (Lipinski definition) is 3. The van der Waals surface area contributed by atoms with Crippen molar-refractivity contribution in [3.8, 4) is 0 Å². The van der Waals surface area contributed by atoms with E-state index in [1.165, 1.54) is 10.5 Å². The number of fused-ring (bicyclic) bond motifs is 1. The Kier molecular flexibility index (Phi) is 12.5. The number of benzene rings is 3. The van der Waals surface area contributed by atoms with Gasteiger partial charge in [-0.15, -0.1) is 0 Å². The van der Waals surface area contributed by atoms with Crippen LogP contribution >= 0.6 is 0 Å². The summed E-state index contributed by atoms with van der Waals surface area (Å²) in [5.74, 6) is -1.37. The molecule has 244 valence electrons. The van der Waals surface area contributed by atoms with E-state index < -0.39 is 18.1 Å². The number of aryl methyl sites for hydroxylation is 2. The molecule has 3 amide bonds. The topological polar surface area (TPSA) is 117 Å². The van der Waals surface area contributed by atoms with Crippen LogP contribution in [0.2, 0.25) is 0 Å². The van der Waals surface area contributed by atoms with Crippen molar-refractivity contribution in [2.75, 3.05) is 17.3 Å². The molecular weight excluding hydrogens is 580 g/mol. The molecule has 3 atom stereocenters. The molecule has 0 fully saturated rings. The highest BCUT2D eigenvalue weighted by Gasteiger charge is 2.35. The van der Waals surface area contributed by atoms with E-state index in [1.54, 1.807) is 26.1 Å². The Morgan fingerprint density at radius 2 is 1.67 bits per heavy atom. The molecular formula is C37H46N4O5. The second-order valence-electron chi connectivity index (χ2n) is 11.8. The lowest BCUT2D eigenvalue weighted by atomic mass is 9.87. The summed E-state index contributed by atoms with van der Waals surface area (Å²) in [6, 6.07) is 21.1. The summed E-state index contributed by atoms with van der Waals surface area (Å²) in [4.78, 5) is 55.9. The van der Waals surface area contributed by atoms with Gasteiger partial charge in [-0.1, -0.05) is 73.7 Å². The maximum absolute atomic E-state index is 14.4. The van der Waals surface area contributed by atoms with Gasteiger partial charge in [-0.2, -0.15) is 0 Å². The van der Waals surface area contributed by atoms with Gasteiger partial charge in [0.05, 0.1) is 23.5 Å². The van der Waals surface area contributed by atoms with Gasteiger partial charge in [0.2, 0.25) is 17.7 Å². The summed E-state index contributed by atoms with van der Waals surface area (Å²) in [7, 11) is 1.70. The maximum atomic E-state index is 14.4. The SMILES string of the molecule is CCCC(=O)N(c1cccc(C)c1NC(=O)C(C)NC)C(CCC(=O)OCc1ccccc1)C(=O)NC1CCCc2ccccc21. The molecule has 1 aliphatic rings. The number of likely N-dealkylation sites (N-methyl/N-ethyl adjacent to an activating group) is 1. The summed E-state index contributed by atoms with van der Waals surface area (Å²) >= 11 is 0. The van der Waals surface area contributed by atoms with E-state index >= 15 is 0 Å². The monoisotopic (exact) mass is 626 g/mol. The van der Waals surface area contributed by atoms with Crippen molar-refractivity contribution in [3.05, 3.63) is 95.1 Å². The minimum atomic E-state index is -1.03. The Hall–Kier alpha value is -4.50. The van der Waals surface area contributed by atoms with E-state index in [1.807, 2.05) is 68.4 Å². The van der Waals surface area contributed by atoms with Crippen LogP contribution in [0.15, 0.2) is 72.8 Å². The summed E-state index contributed by atoms with van der Waals surface area (Å²) in [6.45, 7) is 5.61. The van der Waals surface area contributed by atoms with Gasteiger partial charge in [0.25, 0.3) is 0 Å². The lowest BCUT2D eigenvalue weighted by molar-refractivity contribution is -0.145.